The van der Waals surface area contributed by atoms with E-state index in [2.05, 4.69) is 5.32 Å². The Labute approximate surface area is 124 Å². The fourth-order valence-electron chi connectivity index (χ4n) is 2.64. The number of rotatable bonds is 3. The summed E-state index contributed by atoms with van der Waals surface area (Å²) in [5.41, 5.74) is 3.06. The summed E-state index contributed by atoms with van der Waals surface area (Å²) in [5.74, 6) is -0.419. The summed E-state index contributed by atoms with van der Waals surface area (Å²) in [5, 5.41) is 2.88. The molecule has 0 aromatic heterocycles. The minimum Gasteiger partial charge on any atom is -0.466 e. The quantitative estimate of drug-likeness (QED) is 0.869. The molecular weight excluding hydrogens is 268 g/mol. The largest absolute Gasteiger partial charge is 0.466 e. The lowest BCUT2D eigenvalue weighted by Crippen LogP contribution is -2.47. The van der Waals surface area contributed by atoms with Crippen molar-refractivity contribution in [3.63, 3.8) is 0 Å². The van der Waals surface area contributed by atoms with Crippen LogP contribution in [0.5, 0.6) is 0 Å². The molecule has 1 aliphatic heterocycles. The van der Waals surface area contributed by atoms with Crippen molar-refractivity contribution in [2.75, 3.05) is 13.7 Å². The van der Waals surface area contributed by atoms with Crippen LogP contribution in [0.1, 0.15) is 31.0 Å². The number of benzene rings is 1. The highest BCUT2D eigenvalue weighted by molar-refractivity contribution is 5.94. The summed E-state index contributed by atoms with van der Waals surface area (Å²) in [6.45, 7) is 6.11. The number of nitrogens with zero attached hydrogens (tertiary/aromatic N) is 1. The van der Waals surface area contributed by atoms with Gasteiger partial charge in [-0.2, -0.15) is 0 Å². The molecule has 21 heavy (non-hydrogen) atoms. The van der Waals surface area contributed by atoms with Gasteiger partial charge in [0.05, 0.1) is 18.7 Å². The van der Waals surface area contributed by atoms with Gasteiger partial charge in [-0.3, -0.25) is 4.90 Å². The number of urea groups is 1. The maximum absolute atomic E-state index is 12.2. The number of hydrogen-bond donors (Lipinski definition) is 1. The molecule has 0 aliphatic carbocycles. The van der Waals surface area contributed by atoms with Crippen molar-refractivity contribution in [2.24, 2.45) is 0 Å². The van der Waals surface area contributed by atoms with Crippen LogP contribution in [0.25, 0.3) is 0 Å². The van der Waals surface area contributed by atoms with Crippen LogP contribution in [0.2, 0.25) is 0 Å². The fraction of sp³-hybridized carbons (Fsp3) is 0.375. The molecule has 2 rings (SSSR count). The molecule has 5 nitrogen and oxygen atoms in total. The van der Waals surface area contributed by atoms with Crippen molar-refractivity contribution in [2.45, 2.75) is 26.8 Å². The summed E-state index contributed by atoms with van der Waals surface area (Å²) < 4.78 is 4.90. The molecule has 0 saturated heterocycles. The van der Waals surface area contributed by atoms with Gasteiger partial charge in [-0.1, -0.05) is 29.8 Å². The van der Waals surface area contributed by atoms with Crippen molar-refractivity contribution in [3.8, 4) is 0 Å². The first-order valence-corrected chi connectivity index (χ1v) is 6.93. The number of methoxy groups -OCH3 is 1. The Hall–Kier alpha value is -2.30. The zero-order valence-electron chi connectivity index (χ0n) is 12.8. The zero-order valence-corrected chi connectivity index (χ0v) is 12.8. The zero-order chi connectivity index (χ0) is 15.6. The highest BCUT2D eigenvalue weighted by Crippen LogP contribution is 2.31. The maximum atomic E-state index is 12.2. The Morgan fingerprint density at radius 1 is 1.38 bits per heavy atom. The van der Waals surface area contributed by atoms with Crippen LogP contribution in [0.3, 0.4) is 0 Å². The predicted molar refractivity (Wildman–Crippen MR) is 79.5 cm³/mol. The van der Waals surface area contributed by atoms with Crippen LogP contribution in [0.4, 0.5) is 4.79 Å². The minimum absolute atomic E-state index is 0.200. The normalized spacial score (nSPS) is 18.6. The van der Waals surface area contributed by atoms with Crippen molar-refractivity contribution in [1.82, 2.24) is 10.2 Å². The van der Waals surface area contributed by atoms with E-state index in [4.69, 9.17) is 4.74 Å². The summed E-state index contributed by atoms with van der Waals surface area (Å²) in [4.78, 5) is 25.9. The molecule has 112 valence electrons. The Bertz CT molecular complexity index is 607. The van der Waals surface area contributed by atoms with E-state index in [9.17, 15) is 9.59 Å². The SMILES string of the molecule is CCN1C(=O)NC(c2cccc(C)c2)C(C(=O)OC)=C1C. The highest BCUT2D eigenvalue weighted by Gasteiger charge is 2.35. The molecule has 1 heterocycles. The Balaban J connectivity index is 2.55. The van der Waals surface area contributed by atoms with E-state index < -0.39 is 12.0 Å². The lowest BCUT2D eigenvalue weighted by Gasteiger charge is -2.34. The van der Waals surface area contributed by atoms with Crippen LogP contribution in [-0.4, -0.2) is 30.6 Å². The fourth-order valence-corrected chi connectivity index (χ4v) is 2.64. The molecule has 1 unspecified atom stereocenters. The van der Waals surface area contributed by atoms with E-state index in [1.54, 1.807) is 11.8 Å². The number of hydrogen-bond acceptors (Lipinski definition) is 3. The van der Waals surface area contributed by atoms with Gasteiger partial charge >= 0.3 is 12.0 Å². The van der Waals surface area contributed by atoms with Gasteiger partial charge in [0.15, 0.2) is 0 Å². The molecule has 5 heteroatoms. The van der Waals surface area contributed by atoms with Crippen LogP contribution in [0, 0.1) is 6.92 Å². The van der Waals surface area contributed by atoms with Crippen LogP contribution in [0.15, 0.2) is 35.5 Å². The number of amides is 2. The van der Waals surface area contributed by atoms with Gasteiger partial charge in [-0.05, 0) is 26.3 Å². The molecule has 1 aromatic carbocycles. The van der Waals surface area contributed by atoms with Crippen LogP contribution < -0.4 is 5.32 Å². The molecule has 0 saturated carbocycles. The molecular formula is C16H20N2O3. The topological polar surface area (TPSA) is 58.6 Å². The van der Waals surface area contributed by atoms with Gasteiger partial charge in [0.25, 0.3) is 0 Å². The van der Waals surface area contributed by atoms with Crippen molar-refractivity contribution < 1.29 is 14.3 Å². The second kappa shape index (κ2) is 5.99. The third-order valence-electron chi connectivity index (χ3n) is 3.69. The van der Waals surface area contributed by atoms with E-state index in [1.807, 2.05) is 38.1 Å². The van der Waals surface area contributed by atoms with Crippen molar-refractivity contribution >= 4 is 12.0 Å². The number of esters is 1. The monoisotopic (exact) mass is 288 g/mol. The van der Waals surface area contributed by atoms with Gasteiger partial charge in [0.2, 0.25) is 0 Å². The number of ether oxygens (including phenoxy) is 1. The van der Waals surface area contributed by atoms with Gasteiger partial charge in [0, 0.05) is 12.2 Å². The average Bonchev–Trinajstić information content (AvgIpc) is 2.46. The van der Waals surface area contributed by atoms with E-state index in [-0.39, 0.29) is 6.03 Å². The number of allylic oxidation sites excluding steroid dienone is 1. The Morgan fingerprint density at radius 3 is 2.67 bits per heavy atom. The van der Waals surface area contributed by atoms with Gasteiger partial charge in [0.1, 0.15) is 0 Å². The van der Waals surface area contributed by atoms with E-state index in [0.717, 1.165) is 11.1 Å². The maximum Gasteiger partial charge on any atom is 0.337 e. The summed E-state index contributed by atoms with van der Waals surface area (Å²) >= 11 is 0. The number of nitrogens with one attached hydrogen (secondary N) is 1. The lowest BCUT2D eigenvalue weighted by molar-refractivity contribution is -0.136. The second-order valence-electron chi connectivity index (χ2n) is 5.03. The molecule has 0 spiro atoms. The summed E-state index contributed by atoms with van der Waals surface area (Å²) in [6.07, 6.45) is 0. The van der Waals surface area contributed by atoms with E-state index in [0.29, 0.717) is 17.8 Å². The first-order valence-electron chi connectivity index (χ1n) is 6.93. The minimum atomic E-state index is -0.479. The molecule has 1 atom stereocenters. The first-order chi connectivity index (χ1) is 9.99. The first kappa shape index (κ1) is 15.1. The number of carbonyl (C=O) groups excluding carboxylic acids is 2. The highest BCUT2D eigenvalue weighted by atomic mass is 16.5. The van der Waals surface area contributed by atoms with Gasteiger partial charge in [-0.25, -0.2) is 9.59 Å². The molecule has 1 N–H and O–H groups in total. The summed E-state index contributed by atoms with van der Waals surface area (Å²) in [6, 6.07) is 7.06. The molecule has 1 aromatic rings. The molecule has 0 fully saturated rings. The van der Waals surface area contributed by atoms with Crippen molar-refractivity contribution in [1.29, 1.82) is 0 Å². The Morgan fingerprint density at radius 2 is 2.10 bits per heavy atom. The van der Waals surface area contributed by atoms with E-state index in [1.165, 1.54) is 7.11 Å². The smallest absolute Gasteiger partial charge is 0.337 e. The number of aryl methyl sites for hydroxylation is 1. The van der Waals surface area contributed by atoms with Gasteiger partial charge < -0.3 is 10.1 Å². The van der Waals surface area contributed by atoms with E-state index >= 15 is 0 Å². The average molecular weight is 288 g/mol. The third-order valence-corrected chi connectivity index (χ3v) is 3.69. The van der Waals surface area contributed by atoms with Crippen LogP contribution in [-0.2, 0) is 9.53 Å². The third kappa shape index (κ3) is 2.77. The predicted octanol–water partition coefficient (Wildman–Crippen LogP) is 2.53. The molecule has 1 aliphatic rings. The molecule has 0 bridgehead atoms. The standard InChI is InChI=1S/C16H20N2O3/c1-5-18-11(3)13(15(19)21-4)14(17-16(18)20)12-8-6-7-10(2)9-12/h6-9,14H,5H2,1-4H3,(H,17,20). The van der Waals surface area contributed by atoms with Gasteiger partial charge in [-0.15, -0.1) is 0 Å². The molecule has 0 radical (unpaired) electrons. The molecule has 2 amide bonds. The lowest BCUT2D eigenvalue weighted by atomic mass is 9.94. The Kier molecular flexibility index (Phi) is 4.31. The number of carbonyl (C=O) groups is 2. The summed E-state index contributed by atoms with van der Waals surface area (Å²) in [7, 11) is 1.35. The van der Waals surface area contributed by atoms with Crippen LogP contribution >= 0.6 is 0 Å². The second-order valence-corrected chi connectivity index (χ2v) is 5.03. The van der Waals surface area contributed by atoms with Crippen molar-refractivity contribution in [3.05, 3.63) is 46.7 Å².